The highest BCUT2D eigenvalue weighted by Crippen LogP contribution is 2.37. The quantitative estimate of drug-likeness (QED) is 0.560. The summed E-state index contributed by atoms with van der Waals surface area (Å²) in [6, 6.07) is 12.7. The summed E-state index contributed by atoms with van der Waals surface area (Å²) in [6.07, 6.45) is 0.0554. The summed E-state index contributed by atoms with van der Waals surface area (Å²) in [6.45, 7) is 9.23. The molecular formula is C21H25O3P. The summed E-state index contributed by atoms with van der Waals surface area (Å²) in [7, 11) is -2.60. The lowest BCUT2D eigenvalue weighted by atomic mass is 9.84. The summed E-state index contributed by atoms with van der Waals surface area (Å²) >= 11 is 0. The molecule has 1 unspecified atom stereocenters. The minimum absolute atomic E-state index is 0.0554. The Bertz CT molecular complexity index is 812. The normalized spacial score (nSPS) is 12.7. The molecule has 132 valence electrons. The van der Waals surface area contributed by atoms with E-state index in [1.807, 2.05) is 39.0 Å². The van der Waals surface area contributed by atoms with Gasteiger partial charge in [0.05, 0.1) is 0 Å². The Hall–Kier alpha value is -1.99. The number of hydrogen-bond donors (Lipinski definition) is 0. The largest absolute Gasteiger partial charge is 0.314 e. The van der Waals surface area contributed by atoms with Gasteiger partial charge in [-0.15, -0.1) is 0 Å². The first-order chi connectivity index (χ1) is 11.6. The first-order valence-electron chi connectivity index (χ1n) is 8.38. The molecule has 0 saturated carbocycles. The van der Waals surface area contributed by atoms with E-state index in [-0.39, 0.29) is 17.7 Å². The number of hydrogen-bond acceptors (Lipinski definition) is 3. The molecule has 0 fully saturated rings. The molecule has 2 aromatic rings. The van der Waals surface area contributed by atoms with E-state index < -0.39 is 13.2 Å². The fourth-order valence-corrected chi connectivity index (χ4v) is 4.68. The number of carbonyl (C=O) groups excluding carboxylic acids is 2. The number of Topliss-reactive ketones (excluding diaryl/α,β-unsaturated/α-hetero) is 1. The van der Waals surface area contributed by atoms with Gasteiger partial charge in [-0.3, -0.25) is 9.59 Å². The average Bonchev–Trinajstić information content (AvgIpc) is 2.52. The molecule has 25 heavy (non-hydrogen) atoms. The van der Waals surface area contributed by atoms with E-state index in [1.165, 1.54) is 0 Å². The monoisotopic (exact) mass is 356 g/mol. The molecule has 0 aliphatic heterocycles. The van der Waals surface area contributed by atoms with Gasteiger partial charge in [0.15, 0.2) is 19.1 Å². The van der Waals surface area contributed by atoms with Crippen molar-refractivity contribution in [3.05, 3.63) is 64.7 Å². The zero-order valence-corrected chi connectivity index (χ0v) is 16.5. The second-order valence-electron chi connectivity index (χ2n) is 7.28. The van der Waals surface area contributed by atoms with Crippen molar-refractivity contribution in [2.24, 2.45) is 5.41 Å². The SMILES string of the molecule is Cc1cc(C)c(C(=O)CC(C)(C)C(=O)[PH](=O)c2ccccc2)c(C)c1. The molecule has 0 radical (unpaired) electrons. The van der Waals surface area contributed by atoms with Gasteiger partial charge in [-0.25, -0.2) is 0 Å². The molecule has 0 spiro atoms. The van der Waals surface area contributed by atoms with E-state index in [4.69, 9.17) is 0 Å². The standard InChI is InChI=1S/C21H25O3P/c1-14-11-15(2)19(16(3)12-14)18(22)13-21(4,5)20(23)25(24)17-9-7-6-8-10-17/h6-12,25H,13H2,1-5H3. The molecule has 4 heteroatoms. The second-order valence-corrected chi connectivity index (χ2v) is 8.97. The maximum atomic E-state index is 12.8. The van der Waals surface area contributed by atoms with Crippen molar-refractivity contribution in [1.29, 1.82) is 0 Å². The van der Waals surface area contributed by atoms with Crippen molar-refractivity contribution in [2.45, 2.75) is 41.0 Å². The third kappa shape index (κ3) is 4.35. The van der Waals surface area contributed by atoms with Crippen molar-refractivity contribution in [3.63, 3.8) is 0 Å². The van der Waals surface area contributed by atoms with E-state index in [0.717, 1.165) is 16.7 Å². The lowest BCUT2D eigenvalue weighted by Gasteiger charge is -2.23. The van der Waals surface area contributed by atoms with Crippen LogP contribution in [-0.4, -0.2) is 11.3 Å². The van der Waals surface area contributed by atoms with Gasteiger partial charge in [0.25, 0.3) is 0 Å². The Labute approximate surface area is 150 Å². The van der Waals surface area contributed by atoms with Crippen LogP contribution in [0.4, 0.5) is 0 Å². The highest BCUT2D eigenvalue weighted by molar-refractivity contribution is 7.71. The third-order valence-electron chi connectivity index (χ3n) is 4.42. The van der Waals surface area contributed by atoms with E-state index in [2.05, 4.69) is 0 Å². The fourth-order valence-electron chi connectivity index (χ4n) is 3.22. The Morgan fingerprint density at radius 1 is 0.960 bits per heavy atom. The summed E-state index contributed by atoms with van der Waals surface area (Å²) < 4.78 is 12.6. The molecular weight excluding hydrogens is 331 g/mol. The molecule has 0 saturated heterocycles. The minimum atomic E-state index is -2.60. The Kier molecular flexibility index (Phi) is 5.80. The van der Waals surface area contributed by atoms with Crippen molar-refractivity contribution in [2.75, 3.05) is 0 Å². The van der Waals surface area contributed by atoms with Gasteiger partial charge in [0.1, 0.15) is 0 Å². The summed E-state index contributed by atoms with van der Waals surface area (Å²) in [5.41, 5.74) is 2.30. The molecule has 0 aromatic heterocycles. The van der Waals surface area contributed by atoms with Crippen LogP contribution in [0.3, 0.4) is 0 Å². The molecule has 2 rings (SSSR count). The average molecular weight is 356 g/mol. The molecule has 0 bridgehead atoms. The van der Waals surface area contributed by atoms with Gasteiger partial charge in [-0.1, -0.05) is 61.9 Å². The molecule has 0 amide bonds. The topological polar surface area (TPSA) is 51.2 Å². The Morgan fingerprint density at radius 3 is 2.00 bits per heavy atom. The minimum Gasteiger partial charge on any atom is -0.314 e. The first kappa shape index (κ1) is 19.3. The van der Waals surface area contributed by atoms with Gasteiger partial charge in [0.2, 0.25) is 0 Å². The molecule has 0 aliphatic carbocycles. The Balaban J connectivity index is 2.25. The van der Waals surface area contributed by atoms with Crippen LogP contribution < -0.4 is 5.30 Å². The van der Waals surface area contributed by atoms with E-state index in [0.29, 0.717) is 10.9 Å². The van der Waals surface area contributed by atoms with E-state index in [1.54, 1.807) is 38.1 Å². The maximum absolute atomic E-state index is 12.8. The second kappa shape index (κ2) is 7.49. The van der Waals surface area contributed by atoms with Crippen LogP contribution in [0, 0.1) is 26.2 Å². The van der Waals surface area contributed by atoms with Crippen LogP contribution in [0.2, 0.25) is 0 Å². The van der Waals surface area contributed by atoms with Crippen molar-refractivity contribution >= 4 is 24.4 Å². The van der Waals surface area contributed by atoms with Crippen molar-refractivity contribution in [1.82, 2.24) is 0 Å². The smallest absolute Gasteiger partial charge is 0.199 e. The van der Waals surface area contributed by atoms with Gasteiger partial charge in [-0.2, -0.15) is 0 Å². The lowest BCUT2D eigenvalue weighted by molar-refractivity contribution is -0.118. The van der Waals surface area contributed by atoms with E-state index >= 15 is 0 Å². The summed E-state index contributed by atoms with van der Waals surface area (Å²) in [4.78, 5) is 25.6. The highest BCUT2D eigenvalue weighted by atomic mass is 31.1. The molecule has 2 aromatic carbocycles. The first-order valence-corrected chi connectivity index (χ1v) is 9.79. The number of ketones is 1. The molecule has 0 heterocycles. The fraction of sp³-hybridized carbons (Fsp3) is 0.333. The zero-order valence-electron chi connectivity index (χ0n) is 15.5. The predicted octanol–water partition coefficient (Wildman–Crippen LogP) is 4.62. The molecule has 1 atom stereocenters. The van der Waals surface area contributed by atoms with Crippen LogP contribution in [0.25, 0.3) is 0 Å². The number of carbonyl (C=O) groups is 2. The van der Waals surface area contributed by atoms with Crippen LogP contribution in [0.1, 0.15) is 47.3 Å². The van der Waals surface area contributed by atoms with Gasteiger partial charge in [0, 0.05) is 22.7 Å². The maximum Gasteiger partial charge on any atom is 0.199 e. The van der Waals surface area contributed by atoms with Crippen LogP contribution in [-0.2, 0) is 9.36 Å². The van der Waals surface area contributed by atoms with Crippen LogP contribution in [0.15, 0.2) is 42.5 Å². The predicted molar refractivity (Wildman–Crippen MR) is 103 cm³/mol. The van der Waals surface area contributed by atoms with Gasteiger partial charge in [-0.05, 0) is 31.9 Å². The highest BCUT2D eigenvalue weighted by Gasteiger charge is 2.35. The number of aryl methyl sites for hydroxylation is 3. The zero-order chi connectivity index (χ0) is 18.8. The molecule has 0 aliphatic rings. The van der Waals surface area contributed by atoms with Gasteiger partial charge < -0.3 is 4.57 Å². The number of rotatable bonds is 6. The lowest BCUT2D eigenvalue weighted by Crippen LogP contribution is -2.27. The van der Waals surface area contributed by atoms with E-state index in [9.17, 15) is 14.2 Å². The van der Waals surface area contributed by atoms with Crippen molar-refractivity contribution < 1.29 is 14.2 Å². The van der Waals surface area contributed by atoms with Crippen LogP contribution >= 0.6 is 7.80 Å². The molecule has 3 nitrogen and oxygen atoms in total. The van der Waals surface area contributed by atoms with Crippen molar-refractivity contribution in [3.8, 4) is 0 Å². The third-order valence-corrected chi connectivity index (χ3v) is 6.36. The summed E-state index contributed by atoms with van der Waals surface area (Å²) in [5.74, 6) is -0.0730. The van der Waals surface area contributed by atoms with Crippen LogP contribution in [0.5, 0.6) is 0 Å². The number of benzene rings is 2. The van der Waals surface area contributed by atoms with Gasteiger partial charge >= 0.3 is 0 Å². The summed E-state index contributed by atoms with van der Waals surface area (Å²) in [5, 5.41) is 0.542. The Morgan fingerprint density at radius 2 is 1.48 bits per heavy atom. The molecule has 0 N–H and O–H groups in total.